The topological polar surface area (TPSA) is 49.9 Å². The molecule has 0 radical (unpaired) electrons. The van der Waals surface area contributed by atoms with Crippen LogP contribution in [0.3, 0.4) is 0 Å². The molecule has 0 bridgehead atoms. The average Bonchev–Trinajstić information content (AvgIpc) is 2.11. The maximum atomic E-state index is 7.04. The van der Waals surface area contributed by atoms with Crippen LogP contribution in [0.1, 0.15) is 6.92 Å². The molecule has 0 aromatic rings. The summed E-state index contributed by atoms with van der Waals surface area (Å²) >= 11 is 0. The molecule has 1 rings (SSSR count). The highest BCUT2D eigenvalue weighted by Crippen LogP contribution is 2.11. The minimum Gasteiger partial charge on any atom is -0.398 e. The summed E-state index contributed by atoms with van der Waals surface area (Å²) in [4.78, 5) is 0. The van der Waals surface area contributed by atoms with Gasteiger partial charge in [-0.15, -0.1) is 0 Å². The van der Waals surface area contributed by atoms with Gasteiger partial charge in [0.05, 0.1) is 0 Å². The van der Waals surface area contributed by atoms with Gasteiger partial charge in [-0.25, -0.2) is 0 Å². The summed E-state index contributed by atoms with van der Waals surface area (Å²) in [5, 5.41) is 7.04. The zero-order chi connectivity index (χ0) is 8.27. The molecular weight excluding hydrogens is 136 g/mol. The van der Waals surface area contributed by atoms with Crippen LogP contribution < -0.4 is 5.73 Å². The van der Waals surface area contributed by atoms with Crippen LogP contribution >= 0.6 is 0 Å². The minimum atomic E-state index is 0.365. The first-order valence-corrected chi connectivity index (χ1v) is 3.60. The lowest BCUT2D eigenvalue weighted by molar-refractivity contribution is 0.930. The van der Waals surface area contributed by atoms with Crippen molar-refractivity contribution < 1.29 is 0 Å². The molecule has 0 amide bonds. The molecule has 2 nitrogen and oxygen atoms in total. The van der Waals surface area contributed by atoms with Crippen LogP contribution in [-0.4, -0.2) is 6.21 Å². The van der Waals surface area contributed by atoms with E-state index >= 15 is 0 Å². The van der Waals surface area contributed by atoms with Crippen molar-refractivity contribution in [3.05, 3.63) is 35.6 Å². The summed E-state index contributed by atoms with van der Waals surface area (Å²) < 4.78 is 0. The van der Waals surface area contributed by atoms with Crippen LogP contribution in [0.5, 0.6) is 0 Å². The molecule has 0 saturated carbocycles. The van der Waals surface area contributed by atoms with Crippen LogP contribution in [0.25, 0.3) is 0 Å². The number of rotatable bonds is 1. The van der Waals surface area contributed by atoms with Crippen LogP contribution in [0.2, 0.25) is 0 Å². The highest BCUT2D eigenvalue weighted by molar-refractivity contribution is 5.82. The van der Waals surface area contributed by atoms with Gasteiger partial charge in [0, 0.05) is 17.5 Å². The fourth-order valence-corrected chi connectivity index (χ4v) is 0.997. The maximum Gasteiger partial charge on any atom is 0.0368 e. The third-order valence-corrected chi connectivity index (χ3v) is 1.62. The van der Waals surface area contributed by atoms with Crippen molar-refractivity contribution in [1.82, 2.24) is 0 Å². The quantitative estimate of drug-likeness (QED) is 0.545. The second-order valence-corrected chi connectivity index (χ2v) is 2.63. The summed E-state index contributed by atoms with van der Waals surface area (Å²) in [5.74, 6) is 0.365. The first-order chi connectivity index (χ1) is 5.24. The van der Waals surface area contributed by atoms with E-state index in [-0.39, 0.29) is 0 Å². The van der Waals surface area contributed by atoms with Gasteiger partial charge in [0.2, 0.25) is 0 Å². The predicted octanol–water partition coefficient (Wildman–Crippen LogP) is 1.61. The summed E-state index contributed by atoms with van der Waals surface area (Å²) in [6, 6.07) is 0. The molecule has 58 valence electrons. The molecule has 0 spiro atoms. The maximum absolute atomic E-state index is 7.04. The monoisotopic (exact) mass is 148 g/mol. The lowest BCUT2D eigenvalue weighted by Crippen LogP contribution is -2.02. The van der Waals surface area contributed by atoms with Crippen LogP contribution in [-0.2, 0) is 0 Å². The van der Waals surface area contributed by atoms with Crippen molar-refractivity contribution in [3.8, 4) is 0 Å². The molecule has 0 aliphatic heterocycles. The molecule has 0 fully saturated rings. The lowest BCUT2D eigenvalue weighted by atomic mass is 10.1. The average molecular weight is 148 g/mol. The number of nitrogens with two attached hydrogens (primary N) is 1. The van der Waals surface area contributed by atoms with E-state index < -0.39 is 0 Å². The Balaban J connectivity index is 2.97. The Morgan fingerprint density at radius 2 is 2.36 bits per heavy atom. The van der Waals surface area contributed by atoms with Crippen LogP contribution in [0, 0.1) is 11.3 Å². The van der Waals surface area contributed by atoms with E-state index in [1.165, 1.54) is 6.21 Å². The van der Waals surface area contributed by atoms with Gasteiger partial charge >= 0.3 is 0 Å². The molecular formula is C9H12N2. The zero-order valence-corrected chi connectivity index (χ0v) is 6.54. The summed E-state index contributed by atoms with van der Waals surface area (Å²) in [6.45, 7) is 2.06. The third-order valence-electron chi connectivity index (χ3n) is 1.62. The molecule has 1 unspecified atom stereocenters. The molecule has 11 heavy (non-hydrogen) atoms. The van der Waals surface area contributed by atoms with E-state index in [0.29, 0.717) is 11.6 Å². The molecule has 3 N–H and O–H groups in total. The normalized spacial score (nSPS) is 23.5. The number of hydrogen-bond acceptors (Lipinski definition) is 2. The van der Waals surface area contributed by atoms with Crippen molar-refractivity contribution in [2.45, 2.75) is 6.92 Å². The van der Waals surface area contributed by atoms with E-state index in [9.17, 15) is 0 Å². The number of allylic oxidation sites excluding steroid dienone is 5. The first-order valence-electron chi connectivity index (χ1n) is 3.60. The highest BCUT2D eigenvalue weighted by Gasteiger charge is 2.01. The first kappa shape index (κ1) is 7.79. The second kappa shape index (κ2) is 3.19. The Bertz CT molecular complexity index is 246. The van der Waals surface area contributed by atoms with Crippen LogP contribution in [0.15, 0.2) is 35.6 Å². The molecule has 1 aliphatic carbocycles. The largest absolute Gasteiger partial charge is 0.398 e. The number of hydrogen-bond donors (Lipinski definition) is 2. The van der Waals surface area contributed by atoms with E-state index in [4.69, 9.17) is 11.1 Å². The van der Waals surface area contributed by atoms with Gasteiger partial charge in [-0.1, -0.05) is 31.2 Å². The summed E-state index contributed by atoms with van der Waals surface area (Å²) in [7, 11) is 0. The molecule has 0 aromatic carbocycles. The minimum absolute atomic E-state index is 0.365. The summed E-state index contributed by atoms with van der Waals surface area (Å²) in [5.41, 5.74) is 7.16. The van der Waals surface area contributed by atoms with Crippen LogP contribution in [0.4, 0.5) is 0 Å². The number of nitrogens with one attached hydrogen (secondary N) is 1. The van der Waals surface area contributed by atoms with Gasteiger partial charge in [0.1, 0.15) is 0 Å². The Morgan fingerprint density at radius 3 is 3.00 bits per heavy atom. The van der Waals surface area contributed by atoms with E-state index in [1.807, 2.05) is 24.3 Å². The van der Waals surface area contributed by atoms with Gasteiger partial charge in [0.25, 0.3) is 0 Å². The van der Waals surface area contributed by atoms with E-state index in [0.717, 1.165) is 5.57 Å². The van der Waals surface area contributed by atoms with Gasteiger partial charge in [-0.3, -0.25) is 0 Å². The Morgan fingerprint density at radius 1 is 1.64 bits per heavy atom. The van der Waals surface area contributed by atoms with Gasteiger partial charge in [-0.2, -0.15) is 0 Å². The van der Waals surface area contributed by atoms with E-state index in [2.05, 4.69) is 6.92 Å². The fraction of sp³-hybridized carbons (Fsp3) is 0.222. The fourth-order valence-electron chi connectivity index (χ4n) is 0.997. The molecule has 1 aliphatic rings. The molecule has 0 aromatic heterocycles. The Labute approximate surface area is 66.6 Å². The smallest absolute Gasteiger partial charge is 0.0368 e. The van der Waals surface area contributed by atoms with Crippen molar-refractivity contribution in [3.63, 3.8) is 0 Å². The third kappa shape index (κ3) is 1.80. The molecule has 2 heteroatoms. The van der Waals surface area contributed by atoms with E-state index in [1.54, 1.807) is 0 Å². The lowest BCUT2D eigenvalue weighted by Gasteiger charge is -2.00. The molecule has 0 heterocycles. The van der Waals surface area contributed by atoms with Crippen molar-refractivity contribution in [2.24, 2.45) is 11.7 Å². The highest BCUT2D eigenvalue weighted by atomic mass is 14.6. The Kier molecular flexibility index (Phi) is 2.26. The van der Waals surface area contributed by atoms with Crippen molar-refractivity contribution in [2.75, 3.05) is 0 Å². The Hall–Kier alpha value is -1.31. The second-order valence-electron chi connectivity index (χ2n) is 2.63. The van der Waals surface area contributed by atoms with Gasteiger partial charge in [-0.05, 0) is 5.92 Å². The molecule has 0 saturated heterocycles. The molecule has 1 atom stereocenters. The standard InChI is InChI=1S/C9H12N2/c1-7-3-2-4-8(6-10)9(11)5-7/h2-7,10H,11H2,1H3. The SMILES string of the molecule is CC1C=CC=C(C=N)C(N)=C1. The van der Waals surface area contributed by atoms with Gasteiger partial charge in [0.15, 0.2) is 0 Å². The van der Waals surface area contributed by atoms with Gasteiger partial charge < -0.3 is 11.1 Å². The van der Waals surface area contributed by atoms with Crippen molar-refractivity contribution >= 4 is 6.21 Å². The summed E-state index contributed by atoms with van der Waals surface area (Å²) in [6.07, 6.45) is 9.04. The zero-order valence-electron chi connectivity index (χ0n) is 6.54. The van der Waals surface area contributed by atoms with Crippen molar-refractivity contribution in [1.29, 1.82) is 5.41 Å². The predicted molar refractivity (Wildman–Crippen MR) is 47.4 cm³/mol.